The van der Waals surface area contributed by atoms with Crippen LogP contribution in [0.15, 0.2) is 27.7 Å². The molecule has 0 atom stereocenters. The molecule has 0 aromatic heterocycles. The van der Waals surface area contributed by atoms with Gasteiger partial charge in [-0.25, -0.2) is 4.39 Å². The van der Waals surface area contributed by atoms with Crippen molar-refractivity contribution in [2.24, 2.45) is 4.99 Å². The Morgan fingerprint density at radius 2 is 2.27 bits per heavy atom. The lowest BCUT2D eigenvalue weighted by molar-refractivity contribution is 0.625. The zero-order valence-corrected chi connectivity index (χ0v) is 7.60. The van der Waals surface area contributed by atoms with Gasteiger partial charge in [0.15, 0.2) is 0 Å². The Balaban J connectivity index is 3.20. The van der Waals surface area contributed by atoms with Crippen molar-refractivity contribution in [1.82, 2.24) is 0 Å². The van der Waals surface area contributed by atoms with Gasteiger partial charge in [0.2, 0.25) is 0 Å². The monoisotopic (exact) mass is 215 g/mol. The van der Waals surface area contributed by atoms with Crippen LogP contribution in [-0.4, -0.2) is 13.3 Å². The Morgan fingerprint density at radius 3 is 2.82 bits per heavy atom. The van der Waals surface area contributed by atoms with Crippen LogP contribution in [0.4, 0.5) is 4.39 Å². The number of nitrogens with zero attached hydrogens (tertiary/aromatic N) is 1. The zero-order valence-electron chi connectivity index (χ0n) is 6.01. The SMILES string of the molecule is CN=Cc1c(F)cccc1Br. The minimum Gasteiger partial charge on any atom is -0.296 e. The van der Waals surface area contributed by atoms with E-state index in [0.29, 0.717) is 5.56 Å². The predicted octanol–water partition coefficient (Wildman–Crippen LogP) is 2.64. The molecule has 0 radical (unpaired) electrons. The van der Waals surface area contributed by atoms with Crippen molar-refractivity contribution in [2.75, 3.05) is 7.05 Å². The largest absolute Gasteiger partial charge is 0.296 e. The molecular weight excluding hydrogens is 209 g/mol. The molecule has 0 saturated heterocycles. The maximum Gasteiger partial charge on any atom is 0.133 e. The van der Waals surface area contributed by atoms with Gasteiger partial charge in [-0.1, -0.05) is 22.0 Å². The molecule has 0 aliphatic rings. The molecule has 0 saturated carbocycles. The molecule has 0 spiro atoms. The molecule has 11 heavy (non-hydrogen) atoms. The molecule has 1 nitrogen and oxygen atoms in total. The van der Waals surface area contributed by atoms with Crippen LogP contribution in [0, 0.1) is 5.82 Å². The first kappa shape index (κ1) is 8.40. The molecule has 1 aromatic carbocycles. The van der Waals surface area contributed by atoms with Crippen molar-refractivity contribution < 1.29 is 4.39 Å². The van der Waals surface area contributed by atoms with Gasteiger partial charge in [0.25, 0.3) is 0 Å². The molecule has 1 aromatic rings. The summed E-state index contributed by atoms with van der Waals surface area (Å²) in [5.74, 6) is -0.259. The molecule has 1 rings (SSSR count). The summed E-state index contributed by atoms with van der Waals surface area (Å²) in [6.07, 6.45) is 1.49. The lowest BCUT2D eigenvalue weighted by Crippen LogP contribution is -1.88. The van der Waals surface area contributed by atoms with E-state index in [1.807, 2.05) is 0 Å². The van der Waals surface area contributed by atoms with Gasteiger partial charge in [0.05, 0.1) is 0 Å². The third-order valence-corrected chi connectivity index (χ3v) is 1.95. The lowest BCUT2D eigenvalue weighted by atomic mass is 10.2. The molecule has 58 valence electrons. The highest BCUT2D eigenvalue weighted by Crippen LogP contribution is 2.17. The smallest absolute Gasteiger partial charge is 0.133 e. The number of rotatable bonds is 1. The van der Waals surface area contributed by atoms with Gasteiger partial charge >= 0.3 is 0 Å². The normalized spacial score (nSPS) is 10.8. The maximum atomic E-state index is 12.9. The van der Waals surface area contributed by atoms with Crippen LogP contribution in [0.3, 0.4) is 0 Å². The zero-order chi connectivity index (χ0) is 8.27. The van der Waals surface area contributed by atoms with Crippen LogP contribution >= 0.6 is 15.9 Å². The third kappa shape index (κ3) is 1.87. The highest BCUT2D eigenvalue weighted by Gasteiger charge is 2.01. The molecule has 0 fully saturated rings. The first-order chi connectivity index (χ1) is 5.25. The minimum absolute atomic E-state index is 0.259. The van der Waals surface area contributed by atoms with E-state index in [1.54, 1.807) is 19.2 Å². The Morgan fingerprint density at radius 1 is 1.55 bits per heavy atom. The van der Waals surface area contributed by atoms with Crippen LogP contribution in [0.2, 0.25) is 0 Å². The van der Waals surface area contributed by atoms with Gasteiger partial charge in [-0.3, -0.25) is 4.99 Å². The first-order valence-electron chi connectivity index (χ1n) is 3.12. The summed E-state index contributed by atoms with van der Waals surface area (Å²) >= 11 is 3.22. The molecule has 0 aliphatic heterocycles. The standard InChI is InChI=1S/C8H7BrFN/c1-11-5-6-7(9)3-2-4-8(6)10/h2-5H,1H3. The van der Waals surface area contributed by atoms with E-state index in [4.69, 9.17) is 0 Å². The van der Waals surface area contributed by atoms with Crippen molar-refractivity contribution in [3.8, 4) is 0 Å². The van der Waals surface area contributed by atoms with E-state index in [2.05, 4.69) is 20.9 Å². The van der Waals surface area contributed by atoms with E-state index in [9.17, 15) is 4.39 Å². The quantitative estimate of drug-likeness (QED) is 0.640. The van der Waals surface area contributed by atoms with Gasteiger partial charge in [0.1, 0.15) is 5.82 Å². The number of benzene rings is 1. The topological polar surface area (TPSA) is 12.4 Å². The van der Waals surface area contributed by atoms with E-state index in [1.165, 1.54) is 12.3 Å². The van der Waals surface area contributed by atoms with E-state index < -0.39 is 0 Å². The molecule has 0 bridgehead atoms. The lowest BCUT2D eigenvalue weighted by Gasteiger charge is -1.97. The fourth-order valence-electron chi connectivity index (χ4n) is 0.763. The summed E-state index contributed by atoms with van der Waals surface area (Å²) in [5.41, 5.74) is 0.495. The highest BCUT2D eigenvalue weighted by molar-refractivity contribution is 9.10. The molecule has 0 aliphatic carbocycles. The summed E-state index contributed by atoms with van der Waals surface area (Å²) in [5, 5.41) is 0. The van der Waals surface area contributed by atoms with Crippen molar-refractivity contribution in [1.29, 1.82) is 0 Å². The highest BCUT2D eigenvalue weighted by atomic mass is 79.9. The summed E-state index contributed by atoms with van der Waals surface area (Å²) in [7, 11) is 1.61. The van der Waals surface area contributed by atoms with Gasteiger partial charge in [-0.15, -0.1) is 0 Å². The van der Waals surface area contributed by atoms with Crippen LogP contribution in [0.1, 0.15) is 5.56 Å². The maximum absolute atomic E-state index is 12.9. The summed E-state index contributed by atoms with van der Waals surface area (Å²) in [6, 6.07) is 4.83. The number of aliphatic imine (C=N–C) groups is 1. The Bertz CT molecular complexity index is 263. The molecule has 0 N–H and O–H groups in total. The van der Waals surface area contributed by atoms with Gasteiger partial charge in [-0.2, -0.15) is 0 Å². The summed E-state index contributed by atoms with van der Waals surface area (Å²) in [4.78, 5) is 3.73. The summed E-state index contributed by atoms with van der Waals surface area (Å²) in [6.45, 7) is 0. The minimum atomic E-state index is -0.259. The number of hydrogen-bond donors (Lipinski definition) is 0. The molecule has 3 heteroatoms. The number of halogens is 2. The Kier molecular flexibility index (Phi) is 2.76. The Labute approximate surface area is 73.1 Å². The van der Waals surface area contributed by atoms with Crippen LogP contribution in [0.5, 0.6) is 0 Å². The number of hydrogen-bond acceptors (Lipinski definition) is 1. The van der Waals surface area contributed by atoms with Crippen LogP contribution in [-0.2, 0) is 0 Å². The molecular formula is C8H7BrFN. The average molecular weight is 216 g/mol. The van der Waals surface area contributed by atoms with Crippen LogP contribution in [0.25, 0.3) is 0 Å². The second-order valence-corrected chi connectivity index (χ2v) is 2.88. The second-order valence-electron chi connectivity index (χ2n) is 2.02. The van der Waals surface area contributed by atoms with Gasteiger partial charge < -0.3 is 0 Å². The van der Waals surface area contributed by atoms with E-state index in [-0.39, 0.29) is 5.82 Å². The van der Waals surface area contributed by atoms with Crippen molar-refractivity contribution in [2.45, 2.75) is 0 Å². The van der Waals surface area contributed by atoms with E-state index >= 15 is 0 Å². The summed E-state index contributed by atoms with van der Waals surface area (Å²) < 4.78 is 13.6. The average Bonchev–Trinajstić information content (AvgIpc) is 1.97. The van der Waals surface area contributed by atoms with Gasteiger partial charge in [-0.05, 0) is 12.1 Å². The molecule has 0 heterocycles. The fraction of sp³-hybridized carbons (Fsp3) is 0.125. The van der Waals surface area contributed by atoms with Crippen molar-refractivity contribution >= 4 is 22.1 Å². The Hall–Kier alpha value is -0.700. The van der Waals surface area contributed by atoms with Crippen molar-refractivity contribution in [3.63, 3.8) is 0 Å². The molecule has 0 amide bonds. The van der Waals surface area contributed by atoms with Crippen molar-refractivity contribution in [3.05, 3.63) is 34.1 Å². The second kappa shape index (κ2) is 3.62. The predicted molar refractivity (Wildman–Crippen MR) is 47.6 cm³/mol. The van der Waals surface area contributed by atoms with Crippen LogP contribution < -0.4 is 0 Å². The fourth-order valence-corrected chi connectivity index (χ4v) is 1.21. The van der Waals surface area contributed by atoms with E-state index in [0.717, 1.165) is 4.47 Å². The van der Waals surface area contributed by atoms with Gasteiger partial charge in [0, 0.05) is 23.3 Å². The third-order valence-electron chi connectivity index (χ3n) is 1.26. The first-order valence-corrected chi connectivity index (χ1v) is 3.91. The molecule has 0 unspecified atom stereocenters.